The van der Waals surface area contributed by atoms with E-state index >= 15 is 0 Å². The van der Waals surface area contributed by atoms with Gasteiger partial charge in [0.25, 0.3) is 11.8 Å². The Morgan fingerprint density at radius 3 is 2.26 bits per heavy atom. The number of rotatable bonds is 7. The third kappa shape index (κ3) is 4.27. The maximum Gasteiger partial charge on any atom is 0.288 e. The smallest absolute Gasteiger partial charge is 0.288 e. The molecule has 0 saturated carbocycles. The number of carbonyl (C=O) groups excluding carboxylic acids is 3. The molecule has 1 aromatic heterocycles. The number of Topliss-reactive ketones (excluding diaryl/α,β-unsaturated/α-hetero) is 1. The Labute approximate surface area is 155 Å². The van der Waals surface area contributed by atoms with Gasteiger partial charge in [-0.3, -0.25) is 19.0 Å². The fourth-order valence-electron chi connectivity index (χ4n) is 2.72. The second kappa shape index (κ2) is 8.09. The Kier molecular flexibility index (Phi) is 5.41. The van der Waals surface area contributed by atoms with Gasteiger partial charge < -0.3 is 11.1 Å². The predicted molar refractivity (Wildman–Crippen MR) is 99.2 cm³/mol. The molecule has 0 aliphatic rings. The highest BCUT2D eigenvalue weighted by Crippen LogP contribution is 2.11. The quantitative estimate of drug-likeness (QED) is 0.617. The highest BCUT2D eigenvalue weighted by atomic mass is 16.2. The summed E-state index contributed by atoms with van der Waals surface area (Å²) in [4.78, 5) is 40.4. The Balaban J connectivity index is 1.84. The fraction of sp³-hybridized carbons (Fsp3) is 0.100. The summed E-state index contributed by atoms with van der Waals surface area (Å²) in [6.07, 6.45) is 3.29. The molecule has 0 aliphatic heterocycles. The molecular weight excluding hydrogens is 344 g/mol. The van der Waals surface area contributed by atoms with E-state index in [1.807, 2.05) is 48.5 Å². The van der Waals surface area contributed by atoms with E-state index in [-0.39, 0.29) is 12.2 Å². The highest BCUT2D eigenvalue weighted by Gasteiger charge is 2.27. The van der Waals surface area contributed by atoms with Crippen molar-refractivity contribution in [2.24, 2.45) is 5.73 Å². The number of primary amides is 1. The van der Waals surface area contributed by atoms with E-state index in [1.165, 1.54) is 6.20 Å². The first kappa shape index (κ1) is 18.1. The number of hydrogen-bond donors (Lipinski definition) is 2. The molecule has 0 aliphatic carbocycles. The average Bonchev–Trinajstić information content (AvgIpc) is 3.18. The van der Waals surface area contributed by atoms with Crippen LogP contribution in [0.1, 0.15) is 16.2 Å². The molecule has 1 atom stereocenters. The molecule has 7 nitrogen and oxygen atoms in total. The number of amides is 2. The third-order valence-corrected chi connectivity index (χ3v) is 4.03. The zero-order valence-corrected chi connectivity index (χ0v) is 14.4. The van der Waals surface area contributed by atoms with E-state index in [1.54, 1.807) is 22.9 Å². The van der Waals surface area contributed by atoms with Crippen LogP contribution < -0.4 is 11.1 Å². The van der Waals surface area contributed by atoms with E-state index in [0.717, 1.165) is 11.3 Å². The Bertz CT molecular complexity index is 952. The number of aromatic nitrogens is 2. The van der Waals surface area contributed by atoms with Gasteiger partial charge in [0.2, 0.25) is 11.6 Å². The summed E-state index contributed by atoms with van der Waals surface area (Å²) < 4.78 is 1.60. The van der Waals surface area contributed by atoms with Crippen molar-refractivity contribution in [1.29, 1.82) is 0 Å². The van der Waals surface area contributed by atoms with Crippen molar-refractivity contribution in [1.82, 2.24) is 14.9 Å². The number of ketones is 1. The Morgan fingerprint density at radius 2 is 1.63 bits per heavy atom. The molecule has 1 heterocycles. The summed E-state index contributed by atoms with van der Waals surface area (Å²) in [6, 6.07) is 17.2. The first-order chi connectivity index (χ1) is 13.1. The lowest BCUT2D eigenvalue weighted by atomic mass is 10.0. The second-order valence-electron chi connectivity index (χ2n) is 5.90. The molecular formula is C20H18N4O3. The molecule has 0 radical (unpaired) electrons. The first-order valence-corrected chi connectivity index (χ1v) is 8.33. The van der Waals surface area contributed by atoms with Gasteiger partial charge >= 0.3 is 0 Å². The van der Waals surface area contributed by atoms with Gasteiger partial charge in [0.1, 0.15) is 6.04 Å². The van der Waals surface area contributed by atoms with Gasteiger partial charge in [0, 0.05) is 24.5 Å². The van der Waals surface area contributed by atoms with E-state index in [9.17, 15) is 14.4 Å². The SMILES string of the molecule is NC(=O)C(=O)C(Cc1ccccc1)NC(=O)c1nccn1-c1ccccc1. The summed E-state index contributed by atoms with van der Waals surface area (Å²) in [5.41, 5.74) is 6.69. The van der Waals surface area contributed by atoms with Gasteiger partial charge in [-0.2, -0.15) is 0 Å². The van der Waals surface area contributed by atoms with Crippen LogP contribution in [0.4, 0.5) is 0 Å². The molecule has 3 rings (SSSR count). The van der Waals surface area contributed by atoms with E-state index in [2.05, 4.69) is 10.3 Å². The van der Waals surface area contributed by atoms with E-state index < -0.39 is 23.6 Å². The Hall–Kier alpha value is -3.74. The van der Waals surface area contributed by atoms with Crippen molar-refractivity contribution in [3.8, 4) is 5.69 Å². The van der Waals surface area contributed by atoms with Crippen LogP contribution >= 0.6 is 0 Å². The minimum Gasteiger partial charge on any atom is -0.363 e. The summed E-state index contributed by atoms with van der Waals surface area (Å²) in [7, 11) is 0. The number of para-hydroxylation sites is 1. The summed E-state index contributed by atoms with van der Waals surface area (Å²) >= 11 is 0. The molecule has 27 heavy (non-hydrogen) atoms. The van der Waals surface area contributed by atoms with Crippen LogP contribution in [0.5, 0.6) is 0 Å². The normalized spacial score (nSPS) is 11.6. The zero-order valence-electron chi connectivity index (χ0n) is 14.4. The van der Waals surface area contributed by atoms with Crippen molar-refractivity contribution in [3.63, 3.8) is 0 Å². The van der Waals surface area contributed by atoms with Crippen LogP contribution in [0.25, 0.3) is 5.69 Å². The zero-order chi connectivity index (χ0) is 19.2. The number of carbonyl (C=O) groups is 3. The van der Waals surface area contributed by atoms with Gasteiger partial charge in [-0.15, -0.1) is 0 Å². The topological polar surface area (TPSA) is 107 Å². The van der Waals surface area contributed by atoms with Crippen molar-refractivity contribution in [2.45, 2.75) is 12.5 Å². The van der Waals surface area contributed by atoms with Gasteiger partial charge in [0.05, 0.1) is 0 Å². The van der Waals surface area contributed by atoms with Crippen LogP contribution in [0.3, 0.4) is 0 Å². The predicted octanol–water partition coefficient (Wildman–Crippen LogP) is 1.27. The average molecular weight is 362 g/mol. The Morgan fingerprint density at radius 1 is 1.00 bits per heavy atom. The fourth-order valence-corrected chi connectivity index (χ4v) is 2.72. The van der Waals surface area contributed by atoms with E-state index in [4.69, 9.17) is 5.73 Å². The molecule has 3 aromatic rings. The van der Waals surface area contributed by atoms with Crippen molar-refractivity contribution >= 4 is 17.6 Å². The maximum absolute atomic E-state index is 12.7. The van der Waals surface area contributed by atoms with Gasteiger partial charge in [0.15, 0.2) is 0 Å². The molecule has 0 fully saturated rings. The molecule has 0 saturated heterocycles. The molecule has 136 valence electrons. The highest BCUT2D eigenvalue weighted by molar-refractivity contribution is 6.38. The lowest BCUT2D eigenvalue weighted by Gasteiger charge is -2.16. The van der Waals surface area contributed by atoms with Crippen LogP contribution in [0, 0.1) is 0 Å². The molecule has 2 amide bonds. The lowest BCUT2D eigenvalue weighted by molar-refractivity contribution is -0.137. The monoisotopic (exact) mass is 362 g/mol. The molecule has 7 heteroatoms. The largest absolute Gasteiger partial charge is 0.363 e. The number of imidazole rings is 1. The van der Waals surface area contributed by atoms with Crippen LogP contribution in [-0.4, -0.2) is 33.2 Å². The van der Waals surface area contributed by atoms with Crippen LogP contribution in [0.2, 0.25) is 0 Å². The maximum atomic E-state index is 12.7. The number of benzene rings is 2. The molecule has 2 aromatic carbocycles. The van der Waals surface area contributed by atoms with Crippen molar-refractivity contribution in [3.05, 3.63) is 84.4 Å². The van der Waals surface area contributed by atoms with Crippen molar-refractivity contribution in [2.75, 3.05) is 0 Å². The van der Waals surface area contributed by atoms with Gasteiger partial charge in [-0.05, 0) is 17.7 Å². The molecule has 0 bridgehead atoms. The van der Waals surface area contributed by atoms with Gasteiger partial charge in [-0.1, -0.05) is 48.5 Å². The van der Waals surface area contributed by atoms with Crippen LogP contribution in [0.15, 0.2) is 73.1 Å². The van der Waals surface area contributed by atoms with E-state index in [0.29, 0.717) is 0 Å². The minimum absolute atomic E-state index is 0.108. The molecule has 0 spiro atoms. The lowest BCUT2D eigenvalue weighted by Crippen LogP contribution is -2.47. The number of nitrogens with one attached hydrogen (secondary N) is 1. The number of nitrogens with two attached hydrogens (primary N) is 1. The summed E-state index contributed by atoms with van der Waals surface area (Å²) in [6.45, 7) is 0. The summed E-state index contributed by atoms with van der Waals surface area (Å²) in [5, 5.41) is 2.59. The first-order valence-electron chi connectivity index (χ1n) is 8.33. The third-order valence-electron chi connectivity index (χ3n) is 4.03. The van der Waals surface area contributed by atoms with Crippen molar-refractivity contribution < 1.29 is 14.4 Å². The number of nitrogens with zero attached hydrogens (tertiary/aromatic N) is 2. The minimum atomic E-state index is -1.09. The number of hydrogen-bond acceptors (Lipinski definition) is 4. The second-order valence-corrected chi connectivity index (χ2v) is 5.90. The molecule has 3 N–H and O–H groups in total. The standard InChI is InChI=1S/C20H18N4O3/c21-18(26)17(25)16(13-14-7-3-1-4-8-14)23-20(27)19-22-11-12-24(19)15-9-5-2-6-10-15/h1-12,16H,13H2,(H2,21,26)(H,23,27). The van der Waals surface area contributed by atoms with Gasteiger partial charge in [-0.25, -0.2) is 4.98 Å². The van der Waals surface area contributed by atoms with Crippen LogP contribution in [-0.2, 0) is 16.0 Å². The summed E-state index contributed by atoms with van der Waals surface area (Å²) in [5.74, 6) is -2.41. The molecule has 1 unspecified atom stereocenters.